The van der Waals surface area contributed by atoms with Crippen LogP contribution in [-0.2, 0) is 4.74 Å². The molecule has 1 aliphatic heterocycles. The Kier molecular flexibility index (Phi) is 3.42. The number of aliphatic hydroxyl groups is 2. The summed E-state index contributed by atoms with van der Waals surface area (Å²) >= 11 is 0. The number of anilines is 1. The van der Waals surface area contributed by atoms with Gasteiger partial charge in [0.2, 0.25) is 0 Å². The van der Waals surface area contributed by atoms with E-state index in [9.17, 15) is 18.3 Å². The first-order chi connectivity index (χ1) is 10.3. The molecule has 22 heavy (non-hydrogen) atoms. The first-order valence-corrected chi connectivity index (χ1v) is 6.28. The maximum absolute atomic E-state index is 13.0. The number of aliphatic hydroxyl groups excluding tert-OH is 2. The van der Waals surface area contributed by atoms with E-state index in [1.165, 1.54) is 0 Å². The maximum atomic E-state index is 13.0. The van der Waals surface area contributed by atoms with E-state index in [1.54, 1.807) is 0 Å². The van der Waals surface area contributed by atoms with Crippen LogP contribution < -0.4 is 5.73 Å². The number of nitrogens with two attached hydrogens (primary N) is 1. The Labute approximate surface area is 121 Å². The fraction of sp³-hybridized carbons (Fsp3) is 0.545. The van der Waals surface area contributed by atoms with Gasteiger partial charge in [0, 0.05) is 0 Å². The van der Waals surface area contributed by atoms with Crippen molar-refractivity contribution in [2.24, 2.45) is 5.92 Å². The highest BCUT2D eigenvalue weighted by molar-refractivity contribution is 5.81. The molecule has 2 aromatic rings. The average molecular weight is 319 g/mol. The molecule has 2 aromatic heterocycles. The Morgan fingerprint density at radius 1 is 1.32 bits per heavy atom. The van der Waals surface area contributed by atoms with Gasteiger partial charge in [0.1, 0.15) is 23.9 Å². The van der Waals surface area contributed by atoms with Crippen molar-refractivity contribution in [2.45, 2.75) is 24.6 Å². The molecule has 8 nitrogen and oxygen atoms in total. The Bertz CT molecular complexity index is 691. The van der Waals surface area contributed by atoms with E-state index in [-0.39, 0.29) is 17.0 Å². The lowest BCUT2D eigenvalue weighted by atomic mass is 9.98. The van der Waals surface area contributed by atoms with Crippen LogP contribution in [0.5, 0.6) is 0 Å². The van der Waals surface area contributed by atoms with E-state index in [1.807, 2.05) is 0 Å². The number of imidazole rings is 1. The smallest absolute Gasteiger partial charge is 0.394 e. The molecule has 0 aromatic carbocycles. The molecule has 0 spiro atoms. The quantitative estimate of drug-likeness (QED) is 0.703. The lowest BCUT2D eigenvalue weighted by Gasteiger charge is -2.21. The Morgan fingerprint density at radius 2 is 2.05 bits per heavy atom. The van der Waals surface area contributed by atoms with Crippen LogP contribution in [0.4, 0.5) is 19.0 Å². The van der Waals surface area contributed by atoms with Crippen molar-refractivity contribution in [3.05, 3.63) is 12.7 Å². The van der Waals surface area contributed by atoms with Crippen LogP contribution in [0.3, 0.4) is 0 Å². The predicted octanol–water partition coefficient (Wildman–Crippen LogP) is -0.162. The molecule has 0 aliphatic carbocycles. The van der Waals surface area contributed by atoms with Crippen LogP contribution >= 0.6 is 0 Å². The second-order valence-electron chi connectivity index (χ2n) is 4.89. The molecular formula is C11H12F3N5O3. The molecule has 4 N–H and O–H groups in total. The van der Waals surface area contributed by atoms with Crippen molar-refractivity contribution in [2.75, 3.05) is 12.3 Å². The molecule has 0 amide bonds. The second-order valence-corrected chi connectivity index (χ2v) is 4.89. The number of ether oxygens (including phenoxy) is 1. The molecule has 1 fully saturated rings. The SMILES string of the molecule is Nc1ncnc2c1ncn2[C@@H]1O[C@H](CO)[C@H](C(F)(F)F)[C@H]1O. The molecule has 0 unspecified atom stereocenters. The minimum atomic E-state index is -4.72. The number of hydrogen-bond acceptors (Lipinski definition) is 7. The first-order valence-electron chi connectivity index (χ1n) is 6.28. The van der Waals surface area contributed by atoms with Gasteiger partial charge in [-0.15, -0.1) is 0 Å². The molecule has 1 aliphatic rings. The minimum Gasteiger partial charge on any atom is -0.394 e. The van der Waals surface area contributed by atoms with Crippen molar-refractivity contribution >= 4 is 17.0 Å². The predicted molar refractivity (Wildman–Crippen MR) is 66.3 cm³/mol. The molecule has 0 saturated carbocycles. The van der Waals surface area contributed by atoms with Crippen molar-refractivity contribution in [3.8, 4) is 0 Å². The van der Waals surface area contributed by atoms with E-state index in [0.717, 1.165) is 17.2 Å². The van der Waals surface area contributed by atoms with Gasteiger partial charge in [-0.3, -0.25) is 4.57 Å². The van der Waals surface area contributed by atoms with Gasteiger partial charge >= 0.3 is 6.18 Å². The van der Waals surface area contributed by atoms with E-state index in [2.05, 4.69) is 15.0 Å². The number of rotatable bonds is 2. The van der Waals surface area contributed by atoms with Gasteiger partial charge in [-0.05, 0) is 0 Å². The monoisotopic (exact) mass is 319 g/mol. The first kappa shape index (κ1) is 14.9. The summed E-state index contributed by atoms with van der Waals surface area (Å²) in [6.45, 7) is -0.874. The zero-order valence-electron chi connectivity index (χ0n) is 11.0. The summed E-state index contributed by atoms with van der Waals surface area (Å²) < 4.78 is 45.4. The minimum absolute atomic E-state index is 0.0577. The van der Waals surface area contributed by atoms with Crippen LogP contribution in [0.25, 0.3) is 11.2 Å². The van der Waals surface area contributed by atoms with E-state index >= 15 is 0 Å². The zero-order chi connectivity index (χ0) is 16.1. The Hall–Kier alpha value is -1.98. The van der Waals surface area contributed by atoms with E-state index in [4.69, 9.17) is 15.6 Å². The number of hydrogen-bond donors (Lipinski definition) is 3. The van der Waals surface area contributed by atoms with Crippen LogP contribution in [0.15, 0.2) is 12.7 Å². The normalized spacial score (nSPS) is 29.3. The van der Waals surface area contributed by atoms with Crippen LogP contribution in [0.1, 0.15) is 6.23 Å². The fourth-order valence-corrected chi connectivity index (χ4v) is 2.59. The molecule has 1 saturated heterocycles. The van der Waals surface area contributed by atoms with Gasteiger partial charge in [0.25, 0.3) is 0 Å². The summed E-state index contributed by atoms with van der Waals surface area (Å²) in [5.41, 5.74) is 5.93. The average Bonchev–Trinajstić information content (AvgIpc) is 2.99. The number of nitrogen functional groups attached to an aromatic ring is 1. The van der Waals surface area contributed by atoms with Crippen molar-refractivity contribution < 1.29 is 28.1 Å². The maximum Gasteiger partial charge on any atom is 0.397 e. The highest BCUT2D eigenvalue weighted by Gasteiger charge is 2.57. The lowest BCUT2D eigenvalue weighted by molar-refractivity contribution is -0.205. The van der Waals surface area contributed by atoms with Gasteiger partial charge in [-0.1, -0.05) is 0 Å². The fourth-order valence-electron chi connectivity index (χ4n) is 2.59. The second kappa shape index (κ2) is 5.04. The van der Waals surface area contributed by atoms with Gasteiger partial charge in [-0.25, -0.2) is 15.0 Å². The molecule has 3 heterocycles. The van der Waals surface area contributed by atoms with Crippen LogP contribution in [0.2, 0.25) is 0 Å². The topological polar surface area (TPSA) is 119 Å². The largest absolute Gasteiger partial charge is 0.397 e. The molecule has 11 heteroatoms. The summed E-state index contributed by atoms with van der Waals surface area (Å²) in [6, 6.07) is 0. The molecule has 0 radical (unpaired) electrons. The molecular weight excluding hydrogens is 307 g/mol. The van der Waals surface area contributed by atoms with Gasteiger partial charge in [-0.2, -0.15) is 13.2 Å². The van der Waals surface area contributed by atoms with Crippen LogP contribution in [0, 0.1) is 5.92 Å². The molecule has 0 bridgehead atoms. The zero-order valence-corrected chi connectivity index (χ0v) is 11.0. The summed E-state index contributed by atoms with van der Waals surface area (Å²) in [7, 11) is 0. The third-order valence-corrected chi connectivity index (χ3v) is 3.59. The van der Waals surface area contributed by atoms with E-state index in [0.29, 0.717) is 0 Å². The summed E-state index contributed by atoms with van der Waals surface area (Å²) in [5.74, 6) is -2.15. The van der Waals surface area contributed by atoms with E-state index < -0.39 is 37.1 Å². The van der Waals surface area contributed by atoms with Crippen molar-refractivity contribution in [1.29, 1.82) is 0 Å². The standard InChI is InChI=1S/C11H12F3N5O3/c12-11(13,14)5-4(1-20)22-10(7(5)21)19-3-18-6-8(15)16-2-17-9(6)19/h2-5,7,10,20-21H,1H2,(H2,15,16,17)/t4-,5+,7-,10-/m1/s1. The lowest BCUT2D eigenvalue weighted by Crippen LogP contribution is -2.39. The summed E-state index contributed by atoms with van der Waals surface area (Å²) in [6.07, 6.45) is -7.30. The van der Waals surface area contributed by atoms with Gasteiger partial charge < -0.3 is 20.7 Å². The number of aromatic nitrogens is 4. The van der Waals surface area contributed by atoms with Crippen LogP contribution in [-0.4, -0.2) is 54.7 Å². The Balaban J connectivity index is 2.03. The number of halogens is 3. The number of fused-ring (bicyclic) bond motifs is 1. The highest BCUT2D eigenvalue weighted by Crippen LogP contribution is 2.43. The van der Waals surface area contributed by atoms with Gasteiger partial charge in [0.05, 0.1) is 19.0 Å². The third kappa shape index (κ3) is 2.17. The molecule has 120 valence electrons. The third-order valence-electron chi connectivity index (χ3n) is 3.59. The van der Waals surface area contributed by atoms with Gasteiger partial charge in [0.15, 0.2) is 17.7 Å². The van der Waals surface area contributed by atoms with Crippen molar-refractivity contribution in [1.82, 2.24) is 19.5 Å². The summed E-state index contributed by atoms with van der Waals surface area (Å²) in [4.78, 5) is 11.5. The molecule has 4 atom stereocenters. The molecule has 3 rings (SSSR count). The van der Waals surface area contributed by atoms with Crippen molar-refractivity contribution in [3.63, 3.8) is 0 Å². The highest BCUT2D eigenvalue weighted by atomic mass is 19.4. The number of nitrogens with zero attached hydrogens (tertiary/aromatic N) is 4. The number of alkyl halides is 3. The Morgan fingerprint density at radius 3 is 2.64 bits per heavy atom. The summed E-state index contributed by atoms with van der Waals surface area (Å²) in [5, 5.41) is 19.1.